The van der Waals surface area contributed by atoms with Gasteiger partial charge >= 0.3 is 167 Å². The molecule has 2 heteroatoms. The van der Waals surface area contributed by atoms with Crippen LogP contribution in [0.3, 0.4) is 0 Å². The Balaban J connectivity index is 2.09. The van der Waals surface area contributed by atoms with Crippen molar-refractivity contribution in [3.63, 3.8) is 0 Å². The predicted octanol–water partition coefficient (Wildman–Crippen LogP) is 4.63. The van der Waals surface area contributed by atoms with E-state index >= 15 is 0 Å². The number of halogens is 1. The van der Waals surface area contributed by atoms with Gasteiger partial charge in [-0.1, -0.05) is 0 Å². The topological polar surface area (TPSA) is 0 Å². The molecule has 4 rings (SSSR count). The molecule has 0 aromatic heterocycles. The molecule has 0 nitrogen and oxygen atoms in total. The van der Waals surface area contributed by atoms with Crippen molar-refractivity contribution < 1.29 is 0 Å². The second kappa shape index (κ2) is 7.39. The Kier molecular flexibility index (Phi) is 4.96. The van der Waals surface area contributed by atoms with E-state index in [1.807, 2.05) is 0 Å². The first-order chi connectivity index (χ1) is 13.2. The van der Waals surface area contributed by atoms with Crippen molar-refractivity contribution in [1.29, 1.82) is 0 Å². The first-order valence-corrected chi connectivity index (χ1v) is 15.8. The van der Waals surface area contributed by atoms with E-state index in [2.05, 4.69) is 121 Å². The van der Waals surface area contributed by atoms with Crippen molar-refractivity contribution in [2.45, 2.75) is 5.21 Å². The summed E-state index contributed by atoms with van der Waals surface area (Å²) in [5.74, 6) is 0. The van der Waals surface area contributed by atoms with Crippen molar-refractivity contribution in [2.75, 3.05) is 0 Å². The third-order valence-corrected chi connectivity index (χ3v) is 19.5. The minimum atomic E-state index is -3.94. The average molecular weight is 433 g/mol. The van der Waals surface area contributed by atoms with Crippen LogP contribution in [0.1, 0.15) is 5.56 Å². The Morgan fingerprint density at radius 3 is 1.07 bits per heavy atom. The summed E-state index contributed by atoms with van der Waals surface area (Å²) in [6.45, 7) is 0. The van der Waals surface area contributed by atoms with Crippen molar-refractivity contribution >= 4 is 34.5 Å². The third kappa shape index (κ3) is 3.14. The summed E-state index contributed by atoms with van der Waals surface area (Å²) in [6, 6.07) is 42.7. The third-order valence-electron chi connectivity index (χ3n) is 5.21. The van der Waals surface area contributed by atoms with Gasteiger partial charge in [-0.15, -0.1) is 0 Å². The van der Waals surface area contributed by atoms with Gasteiger partial charge in [-0.25, -0.2) is 0 Å². The van der Waals surface area contributed by atoms with Crippen LogP contribution >= 0.6 is 9.95 Å². The van der Waals surface area contributed by atoms with E-state index in [1.165, 1.54) is 18.6 Å². The molecule has 0 atom stereocenters. The van der Waals surface area contributed by atoms with Gasteiger partial charge in [0.25, 0.3) is 0 Å². The standard InChI is InChI=1S/C25H22AsCl/c27-26(23-15-7-2-8-16-23,24-17-9-3-10-18-24,25-19-11-4-12-20-25)21-22-13-5-1-6-14-22/h1-20H,21H2. The molecule has 0 N–H and O–H groups in total. The van der Waals surface area contributed by atoms with Gasteiger partial charge in [0.1, 0.15) is 0 Å². The van der Waals surface area contributed by atoms with Crippen LogP contribution in [0.4, 0.5) is 0 Å². The normalized spacial score (nSPS) is 12.9. The summed E-state index contributed by atoms with van der Waals surface area (Å²) < 4.78 is 3.75. The summed E-state index contributed by atoms with van der Waals surface area (Å²) >= 11 is -3.94. The maximum atomic E-state index is 8.09. The molecule has 0 saturated carbocycles. The van der Waals surface area contributed by atoms with E-state index in [0.717, 1.165) is 5.21 Å². The number of rotatable bonds is 5. The zero-order valence-corrected chi connectivity index (χ0v) is 17.7. The molecule has 0 aliphatic carbocycles. The van der Waals surface area contributed by atoms with Gasteiger partial charge in [-0.2, -0.15) is 0 Å². The van der Waals surface area contributed by atoms with Crippen LogP contribution in [-0.4, -0.2) is 11.5 Å². The van der Waals surface area contributed by atoms with Gasteiger partial charge in [0.15, 0.2) is 0 Å². The van der Waals surface area contributed by atoms with Crippen molar-refractivity contribution in [3.8, 4) is 0 Å². The van der Waals surface area contributed by atoms with Gasteiger partial charge < -0.3 is 0 Å². The molecule has 0 aliphatic rings. The molecular formula is C25H22AsCl. The van der Waals surface area contributed by atoms with E-state index in [1.54, 1.807) is 0 Å². The fourth-order valence-corrected chi connectivity index (χ4v) is 16.2. The summed E-state index contributed by atoms with van der Waals surface area (Å²) in [6.07, 6.45) is 0. The van der Waals surface area contributed by atoms with E-state index in [0.29, 0.717) is 0 Å². The second-order valence-electron chi connectivity index (χ2n) is 6.83. The molecule has 0 fully saturated rings. The molecule has 0 heterocycles. The maximum absolute atomic E-state index is 8.09. The van der Waals surface area contributed by atoms with Crippen molar-refractivity contribution in [2.24, 2.45) is 0 Å². The molecule has 4 aromatic rings. The molecule has 0 spiro atoms. The van der Waals surface area contributed by atoms with Crippen LogP contribution in [-0.2, 0) is 5.21 Å². The zero-order valence-electron chi connectivity index (χ0n) is 15.1. The number of hydrogen-bond acceptors (Lipinski definition) is 0. The van der Waals surface area contributed by atoms with Crippen molar-refractivity contribution in [3.05, 3.63) is 127 Å². The summed E-state index contributed by atoms with van der Waals surface area (Å²) in [5, 5.41) is 0.832. The number of benzene rings is 4. The molecule has 0 bridgehead atoms. The Morgan fingerprint density at radius 1 is 0.444 bits per heavy atom. The first-order valence-electron chi connectivity index (χ1n) is 9.15. The summed E-state index contributed by atoms with van der Waals surface area (Å²) in [4.78, 5) is 0. The fraction of sp³-hybridized carbons (Fsp3) is 0.0400. The second-order valence-corrected chi connectivity index (χ2v) is 19.6. The van der Waals surface area contributed by atoms with Crippen LogP contribution in [0.15, 0.2) is 121 Å². The van der Waals surface area contributed by atoms with Crippen LogP contribution in [0.25, 0.3) is 0 Å². The van der Waals surface area contributed by atoms with E-state index in [-0.39, 0.29) is 0 Å². The molecule has 27 heavy (non-hydrogen) atoms. The van der Waals surface area contributed by atoms with Gasteiger partial charge in [-0.3, -0.25) is 0 Å². The zero-order chi connectivity index (χ0) is 18.6. The average Bonchev–Trinajstić information content (AvgIpc) is 2.76. The molecule has 0 radical (unpaired) electrons. The van der Waals surface area contributed by atoms with Crippen LogP contribution in [0.2, 0.25) is 0 Å². The van der Waals surface area contributed by atoms with Crippen LogP contribution in [0.5, 0.6) is 0 Å². The monoisotopic (exact) mass is 432 g/mol. The molecular weight excluding hydrogens is 411 g/mol. The van der Waals surface area contributed by atoms with E-state index < -0.39 is 11.5 Å². The van der Waals surface area contributed by atoms with E-state index in [9.17, 15) is 0 Å². The van der Waals surface area contributed by atoms with Crippen molar-refractivity contribution in [1.82, 2.24) is 0 Å². The van der Waals surface area contributed by atoms with Gasteiger partial charge in [0, 0.05) is 0 Å². The summed E-state index contributed by atoms with van der Waals surface area (Å²) in [7, 11) is 8.09. The van der Waals surface area contributed by atoms with Gasteiger partial charge in [0.2, 0.25) is 0 Å². The number of hydrogen-bond donors (Lipinski definition) is 0. The Morgan fingerprint density at radius 2 is 0.741 bits per heavy atom. The Hall–Kier alpha value is -2.27. The molecule has 0 amide bonds. The SMILES string of the molecule is Cl[As](Cc1ccccc1)(c1ccccc1)(c1ccccc1)c1ccccc1. The predicted molar refractivity (Wildman–Crippen MR) is 120 cm³/mol. The molecule has 134 valence electrons. The van der Waals surface area contributed by atoms with Gasteiger partial charge in [-0.05, 0) is 0 Å². The minimum absolute atomic E-state index is 0.832. The molecule has 4 aromatic carbocycles. The van der Waals surface area contributed by atoms with Crippen LogP contribution < -0.4 is 13.1 Å². The van der Waals surface area contributed by atoms with Crippen LogP contribution in [0, 0.1) is 0 Å². The molecule has 0 unspecified atom stereocenters. The quantitative estimate of drug-likeness (QED) is 0.403. The first kappa shape index (κ1) is 18.1. The Bertz CT molecular complexity index is 900. The Labute approximate surface area is 166 Å². The fourth-order valence-electron chi connectivity index (χ4n) is 3.86. The summed E-state index contributed by atoms with van der Waals surface area (Å²) in [5.41, 5.74) is 1.27. The van der Waals surface area contributed by atoms with Gasteiger partial charge in [0.05, 0.1) is 0 Å². The molecule has 0 aliphatic heterocycles. The molecule has 0 saturated heterocycles. The van der Waals surface area contributed by atoms with E-state index in [4.69, 9.17) is 9.95 Å².